The molecule has 4 saturated heterocycles. The summed E-state index contributed by atoms with van der Waals surface area (Å²) < 4.78 is 12.4. The van der Waals surface area contributed by atoms with Gasteiger partial charge in [-0.3, -0.25) is 54.1 Å². The number of aryl methyl sites for hydroxylation is 2. The number of carboxylic acids is 2. The number of rotatable bonds is 21. The minimum atomic E-state index is -1.27. The highest BCUT2D eigenvalue weighted by atomic mass is 35.5. The molecular weight excluding hydrogens is 1520 g/mol. The van der Waals surface area contributed by atoms with Crippen molar-refractivity contribution in [2.45, 2.75) is 203 Å². The minimum Gasteiger partial charge on any atom is -0.508 e. The zero-order chi connectivity index (χ0) is 82.6. The van der Waals surface area contributed by atoms with Crippen molar-refractivity contribution in [2.75, 3.05) is 49.1 Å². The van der Waals surface area contributed by atoms with Crippen LogP contribution in [0, 0.1) is 11.8 Å². The molecule has 0 bridgehead atoms. The lowest BCUT2D eigenvalue weighted by molar-refractivity contribution is -0.137. The lowest BCUT2D eigenvalue weighted by Crippen LogP contribution is -2.54. The van der Waals surface area contributed by atoms with Crippen LogP contribution in [-0.4, -0.2) is 170 Å². The number of nitrogens with zero attached hydrogens (tertiary/aromatic N) is 5. The molecule has 17 rings (SSSR count). The summed E-state index contributed by atoms with van der Waals surface area (Å²) in [5.41, 5.74) is 18.4. The number of aromatic carboxylic acids is 2. The summed E-state index contributed by atoms with van der Waals surface area (Å²) in [6.07, 6.45) is 13.2. The number of anilines is 2. The Hall–Kier alpha value is -10.9. The fraction of sp³-hybridized carbons (Fsp3) is 0.417. The van der Waals surface area contributed by atoms with Gasteiger partial charge in [-0.05, 0) is 245 Å². The SMILES string of the molecule is CC(C)N(CC1CCN(c2ccc(C3c4ccc(O)cc4CCC3c3ccccc3)cc2)CC1)C1CC(Oc2ccc(C(=O)O)c(C(=O)O)c2)C1.CC(C)N(CC1CCN(c2ccc(C3c4ccc(O)cc4CCC3c3ccccc3)cc2)CC1)C1CC(Oc2ccc3c(c2)C(=O)N(C2CCC(=O)NC2=O)C3=O)C1.Cl.NC1CCC(=O)NC1=O. The van der Waals surface area contributed by atoms with E-state index in [1.807, 2.05) is 24.3 Å². The summed E-state index contributed by atoms with van der Waals surface area (Å²) in [5, 5.41) is 43.6. The van der Waals surface area contributed by atoms with E-state index in [0.29, 0.717) is 83.7 Å². The van der Waals surface area contributed by atoms with Gasteiger partial charge in [-0.1, -0.05) is 97.1 Å². The van der Waals surface area contributed by atoms with Crippen LogP contribution in [0.4, 0.5) is 11.4 Å². The molecule has 6 atom stereocenters. The molecule has 0 aromatic heterocycles. The van der Waals surface area contributed by atoms with Gasteiger partial charge in [0.05, 0.1) is 28.3 Å². The molecular formula is C96H109ClN8O14. The van der Waals surface area contributed by atoms with E-state index in [0.717, 1.165) is 121 Å². The Kier molecular flexibility index (Phi) is 26.4. The van der Waals surface area contributed by atoms with E-state index in [1.54, 1.807) is 24.3 Å². The Morgan fingerprint density at radius 2 is 0.891 bits per heavy atom. The topological polar surface area (TPSA) is 302 Å². The molecule has 4 aliphatic carbocycles. The van der Waals surface area contributed by atoms with Crippen molar-refractivity contribution < 1.29 is 68.3 Å². The Morgan fingerprint density at radius 3 is 1.32 bits per heavy atom. The van der Waals surface area contributed by atoms with E-state index in [4.69, 9.17) is 15.2 Å². The Labute approximate surface area is 701 Å². The van der Waals surface area contributed by atoms with Crippen molar-refractivity contribution in [3.63, 3.8) is 0 Å². The van der Waals surface area contributed by atoms with Crippen LogP contribution in [0.5, 0.6) is 23.0 Å². The number of fused-ring (bicyclic) bond motifs is 3. The molecule has 8 aromatic rings. The van der Waals surface area contributed by atoms with Crippen molar-refractivity contribution in [3.05, 3.63) is 249 Å². The quantitative estimate of drug-likeness (QED) is 0.0329. The highest BCUT2D eigenvalue weighted by molar-refractivity contribution is 6.23. The van der Waals surface area contributed by atoms with Crippen molar-refractivity contribution in [1.29, 1.82) is 0 Å². The zero-order valence-corrected chi connectivity index (χ0v) is 68.9. The lowest BCUT2D eigenvalue weighted by atomic mass is 9.69. The van der Waals surface area contributed by atoms with E-state index in [-0.39, 0.29) is 83.4 Å². The first-order valence-corrected chi connectivity index (χ1v) is 42.3. The number of hydrogen-bond donors (Lipinski definition) is 7. The molecule has 8 aromatic carbocycles. The van der Waals surface area contributed by atoms with Gasteiger partial charge < -0.3 is 45.4 Å². The second-order valence-electron chi connectivity index (χ2n) is 34.2. The van der Waals surface area contributed by atoms with Crippen LogP contribution in [0.15, 0.2) is 182 Å². The summed E-state index contributed by atoms with van der Waals surface area (Å²) in [6.45, 7) is 15.3. The van der Waals surface area contributed by atoms with Gasteiger partial charge in [0.15, 0.2) is 0 Å². The van der Waals surface area contributed by atoms with Crippen LogP contribution in [0.2, 0.25) is 0 Å². The van der Waals surface area contributed by atoms with Crippen molar-refractivity contribution in [1.82, 2.24) is 25.3 Å². The number of ether oxygens (including phenoxy) is 2. The number of halogens is 1. The summed E-state index contributed by atoms with van der Waals surface area (Å²) in [6, 6.07) is 61.4. The van der Waals surface area contributed by atoms with Gasteiger partial charge in [0, 0.05) is 125 Å². The number of nitrogens with two attached hydrogens (primary N) is 1. The Bertz CT molecular complexity index is 5000. The molecule has 6 amide bonds. The first kappa shape index (κ1) is 84.5. The number of imide groups is 3. The highest BCUT2D eigenvalue weighted by Crippen LogP contribution is 2.50. The predicted octanol–water partition coefficient (Wildman–Crippen LogP) is 14.6. The lowest BCUT2D eigenvalue weighted by Gasteiger charge is -2.46. The molecule has 2 saturated carbocycles. The van der Waals surface area contributed by atoms with Gasteiger partial charge in [-0.15, -0.1) is 12.4 Å². The molecule has 9 aliphatic rings. The third-order valence-corrected chi connectivity index (χ3v) is 26.2. The molecule has 22 nitrogen and oxygen atoms in total. The number of carbonyl (C=O) groups is 8. The largest absolute Gasteiger partial charge is 0.508 e. The molecule has 6 fully saturated rings. The van der Waals surface area contributed by atoms with Crippen LogP contribution in [-0.2, 0) is 32.0 Å². The summed E-state index contributed by atoms with van der Waals surface area (Å²) in [5.74, 6) is -1.03. The maximum absolute atomic E-state index is 13.3. The second kappa shape index (κ2) is 37.2. The van der Waals surface area contributed by atoms with Crippen molar-refractivity contribution in [3.8, 4) is 23.0 Å². The number of carbonyl (C=O) groups excluding carboxylic acids is 6. The van der Waals surface area contributed by atoms with Crippen molar-refractivity contribution in [2.24, 2.45) is 17.6 Å². The number of hydrogen-bond acceptors (Lipinski definition) is 17. The average molecular weight is 1630 g/mol. The molecule has 119 heavy (non-hydrogen) atoms. The summed E-state index contributed by atoms with van der Waals surface area (Å²) in [7, 11) is 0. The van der Waals surface area contributed by atoms with E-state index in [1.165, 1.54) is 68.0 Å². The molecule has 0 radical (unpaired) electrons. The van der Waals surface area contributed by atoms with Gasteiger partial charge in [-0.2, -0.15) is 0 Å². The molecule has 5 aliphatic heterocycles. The third kappa shape index (κ3) is 19.1. The summed E-state index contributed by atoms with van der Waals surface area (Å²) in [4.78, 5) is 106. The van der Waals surface area contributed by atoms with E-state index in [2.05, 4.69) is 179 Å². The Balaban J connectivity index is 0.000000176. The molecule has 6 unspecified atom stereocenters. The molecule has 5 heterocycles. The van der Waals surface area contributed by atoms with Crippen LogP contribution in [0.25, 0.3) is 0 Å². The Morgan fingerprint density at radius 1 is 0.462 bits per heavy atom. The fourth-order valence-electron chi connectivity index (χ4n) is 19.6. The van der Waals surface area contributed by atoms with E-state index >= 15 is 0 Å². The van der Waals surface area contributed by atoms with Gasteiger partial charge >= 0.3 is 11.9 Å². The number of nitrogens with one attached hydrogen (secondary N) is 2. The minimum absolute atomic E-state index is 0. The predicted molar refractivity (Wildman–Crippen MR) is 457 cm³/mol. The number of phenols is 2. The van der Waals surface area contributed by atoms with Gasteiger partial charge in [0.1, 0.15) is 41.2 Å². The van der Waals surface area contributed by atoms with Crippen LogP contribution < -0.4 is 35.6 Å². The number of piperidine rings is 4. The van der Waals surface area contributed by atoms with Gasteiger partial charge in [-0.25, -0.2) is 9.59 Å². The van der Waals surface area contributed by atoms with E-state index in [9.17, 15) is 58.8 Å². The average Bonchev–Trinajstić information content (AvgIpc) is 1.58. The van der Waals surface area contributed by atoms with Crippen LogP contribution in [0.3, 0.4) is 0 Å². The van der Waals surface area contributed by atoms with Crippen LogP contribution >= 0.6 is 12.4 Å². The maximum atomic E-state index is 13.3. The first-order valence-electron chi connectivity index (χ1n) is 42.3. The number of aromatic hydroxyl groups is 2. The standard InChI is InChI=1S/C48H52N4O6.C43H48N2O6.C5H8N2O2.ClH/c1-29(2)51(35-25-38(26-35)58-37-14-17-41-42(27-37)48(57)52(47(41)56)43-18-19-44(54)49-46(43)55)28-30-20-22-50(23-21-30)34-11-8-32(9-12-34)45-39(31-6-4-3-5-7-31)15-10-33-24-36(53)13-16-40(33)45;1-27(2)45(33-23-36(24-33)51-35-14-17-39(42(47)48)40(25-35)43(49)50)26-28-18-20-44(21-19-28)32-11-8-30(9-12-32)41-37(29-6-4-3-5-7-29)15-10-31-22-34(46)13-16-38(31)41;6-3-1-2-4(8)7-5(3)9;/h3-9,11-14,16-17,24,27,29-30,35,38-39,43,45,53H,10,15,18-23,25-26,28H2,1-2H3,(H,49,54,55);3-9,11-14,16-17,22,25,27-28,33,36-37,41,46H,10,15,18-21,23-24,26H2,1-2H3,(H,47,48)(H,49,50);3H,1-2,6H2,(H,7,8,9);1H. The first-order chi connectivity index (χ1) is 56.9. The zero-order valence-electron chi connectivity index (χ0n) is 68.1. The summed E-state index contributed by atoms with van der Waals surface area (Å²) >= 11 is 0. The molecule has 23 heteroatoms. The second-order valence-corrected chi connectivity index (χ2v) is 34.2. The van der Waals surface area contributed by atoms with Crippen LogP contribution in [0.1, 0.15) is 227 Å². The third-order valence-electron chi connectivity index (χ3n) is 26.2. The molecule has 624 valence electrons. The number of benzene rings is 8. The van der Waals surface area contributed by atoms with Crippen molar-refractivity contribution >= 4 is 71.2 Å². The smallest absolute Gasteiger partial charge is 0.336 e. The van der Waals surface area contributed by atoms with E-state index < -0.39 is 47.7 Å². The normalized spacial score (nSPS) is 23.6. The molecule has 0 spiro atoms. The fourth-order valence-corrected chi connectivity index (χ4v) is 19.6. The number of carboxylic acid groups (broad SMARTS) is 2. The van der Waals surface area contributed by atoms with Gasteiger partial charge in [0.25, 0.3) is 11.8 Å². The van der Waals surface area contributed by atoms with Gasteiger partial charge in [0.2, 0.25) is 23.6 Å². The number of amides is 6. The maximum Gasteiger partial charge on any atom is 0.336 e. The number of phenolic OH excluding ortho intramolecular Hbond substituents is 2. The highest BCUT2D eigenvalue weighted by Gasteiger charge is 2.46. The molecule has 8 N–H and O–H groups in total. The monoisotopic (exact) mass is 1630 g/mol.